The number of amides is 1. The van der Waals surface area contributed by atoms with E-state index in [0.29, 0.717) is 16.7 Å². The van der Waals surface area contributed by atoms with E-state index >= 15 is 0 Å². The highest BCUT2D eigenvalue weighted by Crippen LogP contribution is 2.37. The number of aliphatic hydroxyl groups excluding tert-OH is 1. The number of aromatic amines is 2. The summed E-state index contributed by atoms with van der Waals surface area (Å²) in [6, 6.07) is 4.81. The van der Waals surface area contributed by atoms with Gasteiger partial charge in [-0.1, -0.05) is 11.6 Å². The first-order valence-corrected chi connectivity index (χ1v) is 10.7. The summed E-state index contributed by atoms with van der Waals surface area (Å²) in [5.74, 6) is -0.630. The number of hydrogen-bond donors (Lipinski definition) is 7. The Kier molecular flexibility index (Phi) is 7.90. The molecule has 0 fully saturated rings. The van der Waals surface area contributed by atoms with Gasteiger partial charge in [-0.25, -0.2) is 4.98 Å². The maximum atomic E-state index is 12.7. The van der Waals surface area contributed by atoms with Crippen LogP contribution in [0.3, 0.4) is 0 Å². The molecule has 0 saturated carbocycles. The lowest BCUT2D eigenvalue weighted by atomic mass is 9.28. The monoisotopic (exact) mass is 497 g/mol. The molecule has 7 N–H and O–H groups in total. The van der Waals surface area contributed by atoms with Gasteiger partial charge in [0.25, 0.3) is 5.91 Å². The Hall–Kier alpha value is -2.86. The lowest BCUT2D eigenvalue weighted by molar-refractivity contribution is -0.109. The van der Waals surface area contributed by atoms with Crippen LogP contribution in [0.25, 0.3) is 11.1 Å². The van der Waals surface area contributed by atoms with Crippen LogP contribution in [0.5, 0.6) is 0 Å². The average molecular weight is 497 g/mol. The SMILES string of the molecule is [B]C([B])([B])C([B])(Nc1cc(-c2c[nH]c(C(=O)NC(CO)c3ccc(=O)[nH]c3)c2)c(Cl)cn1)C([B])(O)O. The number of rotatable bonds is 9. The third-order valence-electron chi connectivity index (χ3n) is 5.38. The Morgan fingerprint density at radius 1 is 1.11 bits per heavy atom. The lowest BCUT2D eigenvalue weighted by Gasteiger charge is -2.52. The van der Waals surface area contributed by atoms with Gasteiger partial charge in [0.1, 0.15) is 25.0 Å². The van der Waals surface area contributed by atoms with Crippen molar-refractivity contribution < 1.29 is 20.1 Å². The Morgan fingerprint density at radius 3 is 2.36 bits per heavy atom. The Bertz CT molecular complexity index is 1270. The van der Waals surface area contributed by atoms with Crippen molar-refractivity contribution >= 4 is 62.6 Å². The number of H-pyrrole nitrogens is 2. The van der Waals surface area contributed by atoms with Crippen LogP contribution in [0.4, 0.5) is 5.82 Å². The van der Waals surface area contributed by atoms with Crippen LogP contribution in [0, 0.1) is 0 Å². The van der Waals surface area contributed by atoms with E-state index in [4.69, 9.17) is 50.8 Å². The van der Waals surface area contributed by atoms with Gasteiger partial charge >= 0.3 is 0 Å². The molecule has 36 heavy (non-hydrogen) atoms. The summed E-state index contributed by atoms with van der Waals surface area (Å²) in [5.41, 5.74) is -4.65. The van der Waals surface area contributed by atoms with Gasteiger partial charge in [-0.05, 0) is 23.8 Å². The van der Waals surface area contributed by atoms with Gasteiger partial charge in [-0.3, -0.25) is 9.59 Å². The molecule has 10 nitrogen and oxygen atoms in total. The molecule has 0 aliphatic carbocycles. The first kappa shape index (κ1) is 27.7. The molecule has 0 spiro atoms. The van der Waals surface area contributed by atoms with Crippen LogP contribution < -0.4 is 16.2 Å². The van der Waals surface area contributed by atoms with Crippen molar-refractivity contribution in [2.24, 2.45) is 0 Å². The summed E-state index contributed by atoms with van der Waals surface area (Å²) in [6.45, 7) is -0.416. The first-order chi connectivity index (χ1) is 16.7. The summed E-state index contributed by atoms with van der Waals surface area (Å²) in [4.78, 5) is 33.3. The molecule has 1 amide bonds. The minimum atomic E-state index is -3.17. The van der Waals surface area contributed by atoms with Gasteiger partial charge in [0.15, 0.2) is 7.85 Å². The molecule has 0 aromatic carbocycles. The van der Waals surface area contributed by atoms with Gasteiger partial charge in [0.05, 0.1) is 41.2 Å². The predicted molar refractivity (Wildman–Crippen MR) is 138 cm³/mol. The topological polar surface area (TPSA) is 163 Å². The van der Waals surface area contributed by atoms with E-state index < -0.39 is 34.8 Å². The number of carbonyl (C=O) groups excluding carboxylic acids is 1. The number of nitrogens with zero attached hydrogens (tertiary/aromatic N) is 1. The smallest absolute Gasteiger partial charge is 0.268 e. The quantitative estimate of drug-likeness (QED) is 0.141. The molecule has 3 aromatic rings. The van der Waals surface area contributed by atoms with Crippen LogP contribution in [0.2, 0.25) is 10.1 Å². The standard InChI is InChI=1S/C20H17B5ClN5O5/c21-18(19(22,23)24,20(25,35)36)31-15-4-11(12(26)7-28-15)10-3-13(27-6-10)17(34)30-14(8-32)9-1-2-16(33)29-5-9/h1-7,14,27,32,35-36H,8H2,(H,28,31)(H,29,33)(H,30,34). The highest BCUT2D eigenvalue weighted by Gasteiger charge is 2.48. The molecular weight excluding hydrogens is 480 g/mol. The molecule has 0 aliphatic heterocycles. The number of halogens is 1. The maximum Gasteiger partial charge on any atom is 0.268 e. The second-order valence-electron chi connectivity index (χ2n) is 8.14. The molecule has 174 valence electrons. The molecule has 0 aliphatic rings. The summed E-state index contributed by atoms with van der Waals surface area (Å²) in [7, 11) is 28.0. The fourth-order valence-electron chi connectivity index (χ4n) is 3.24. The second kappa shape index (κ2) is 10.3. The number of carbonyl (C=O) groups is 1. The molecule has 16 heteroatoms. The van der Waals surface area contributed by atoms with E-state index in [1.807, 2.05) is 0 Å². The molecule has 2 atom stereocenters. The number of nitrogens with one attached hydrogen (secondary N) is 4. The largest absolute Gasteiger partial charge is 0.394 e. The van der Waals surface area contributed by atoms with Gasteiger partial charge in [-0.15, -0.1) is 5.11 Å². The van der Waals surface area contributed by atoms with Gasteiger partial charge in [0, 0.05) is 41.2 Å². The van der Waals surface area contributed by atoms with Crippen molar-refractivity contribution in [3.63, 3.8) is 0 Å². The fourth-order valence-corrected chi connectivity index (χ4v) is 3.45. The van der Waals surface area contributed by atoms with E-state index in [0.717, 1.165) is 0 Å². The van der Waals surface area contributed by atoms with Crippen molar-refractivity contribution in [2.45, 2.75) is 22.3 Å². The molecule has 0 saturated heterocycles. The number of aliphatic hydroxyl groups is 3. The summed E-state index contributed by atoms with van der Waals surface area (Å²) >= 11 is 6.27. The molecule has 2 unspecified atom stereocenters. The van der Waals surface area contributed by atoms with Gasteiger partial charge < -0.3 is 35.9 Å². The minimum absolute atomic E-state index is 0.0776. The summed E-state index contributed by atoms with van der Waals surface area (Å²) < 4.78 is 0. The molecule has 3 heterocycles. The minimum Gasteiger partial charge on any atom is -0.394 e. The van der Waals surface area contributed by atoms with Crippen molar-refractivity contribution in [1.29, 1.82) is 0 Å². The van der Waals surface area contributed by atoms with Crippen molar-refractivity contribution in [1.82, 2.24) is 20.3 Å². The Balaban J connectivity index is 1.86. The molecular formula is C20H17B5ClN5O5. The first-order valence-electron chi connectivity index (χ1n) is 10.3. The molecule has 3 rings (SSSR count). The van der Waals surface area contributed by atoms with Crippen molar-refractivity contribution in [3.05, 3.63) is 69.5 Å². The van der Waals surface area contributed by atoms with E-state index in [9.17, 15) is 24.9 Å². The fraction of sp³-hybridized carbons (Fsp3) is 0.250. The number of anilines is 1. The average Bonchev–Trinajstić information content (AvgIpc) is 3.28. The highest BCUT2D eigenvalue weighted by molar-refractivity contribution is 6.63. The Morgan fingerprint density at radius 2 is 1.81 bits per heavy atom. The van der Waals surface area contributed by atoms with Crippen LogP contribution in [-0.4, -0.2) is 93.1 Å². The predicted octanol–water partition coefficient (Wildman–Crippen LogP) is -1.46. The summed E-state index contributed by atoms with van der Waals surface area (Å²) in [6.07, 6.45) is 4.09. The summed E-state index contributed by atoms with van der Waals surface area (Å²) in [5, 5.41) is 32.3. The Labute approximate surface area is 217 Å². The van der Waals surface area contributed by atoms with Crippen molar-refractivity contribution in [3.8, 4) is 11.1 Å². The number of aromatic nitrogens is 3. The lowest BCUT2D eigenvalue weighted by Crippen LogP contribution is -2.67. The third kappa shape index (κ3) is 5.75. The zero-order chi connectivity index (χ0) is 26.9. The van der Waals surface area contributed by atoms with Gasteiger partial charge in [-0.2, -0.15) is 0 Å². The zero-order valence-electron chi connectivity index (χ0n) is 18.7. The van der Waals surface area contributed by atoms with E-state index in [1.54, 1.807) is 0 Å². The third-order valence-corrected chi connectivity index (χ3v) is 5.68. The maximum absolute atomic E-state index is 12.7. The van der Waals surface area contributed by atoms with E-state index in [2.05, 4.69) is 25.6 Å². The van der Waals surface area contributed by atoms with Crippen molar-refractivity contribution in [2.75, 3.05) is 11.9 Å². The number of hydrogen-bond acceptors (Lipinski definition) is 7. The molecule has 10 radical (unpaired) electrons. The van der Waals surface area contributed by atoms with Crippen LogP contribution in [-0.2, 0) is 0 Å². The highest BCUT2D eigenvalue weighted by atomic mass is 35.5. The second-order valence-corrected chi connectivity index (χ2v) is 8.55. The number of pyridine rings is 2. The van der Waals surface area contributed by atoms with Crippen LogP contribution >= 0.6 is 11.6 Å². The van der Waals surface area contributed by atoms with Gasteiger partial charge in [0.2, 0.25) is 5.56 Å². The normalized spacial score (nSPS) is 14.6. The zero-order valence-corrected chi connectivity index (χ0v) is 19.5. The van der Waals surface area contributed by atoms with Crippen LogP contribution in [0.1, 0.15) is 22.1 Å². The van der Waals surface area contributed by atoms with E-state index in [-0.39, 0.29) is 22.1 Å². The van der Waals surface area contributed by atoms with Crippen LogP contribution in [0.15, 0.2) is 47.7 Å². The van der Waals surface area contributed by atoms with E-state index in [1.165, 1.54) is 42.9 Å². The molecule has 3 aromatic heterocycles. The molecule has 0 bridgehead atoms.